The van der Waals surface area contributed by atoms with E-state index >= 15 is 0 Å². The van der Waals surface area contributed by atoms with E-state index in [2.05, 4.69) is 6.07 Å². The molecule has 0 unspecified atom stereocenters. The molecule has 4 nitrogen and oxygen atoms in total. The molecule has 0 spiro atoms. The Morgan fingerprint density at radius 1 is 1.28 bits per heavy atom. The van der Waals surface area contributed by atoms with Crippen molar-refractivity contribution in [2.75, 3.05) is 0 Å². The lowest BCUT2D eigenvalue weighted by molar-refractivity contribution is 0.0697. The van der Waals surface area contributed by atoms with Gasteiger partial charge in [-0.05, 0) is 43.7 Å². The topological polar surface area (TPSA) is 66.0 Å². The summed E-state index contributed by atoms with van der Waals surface area (Å²) >= 11 is 0. The Morgan fingerprint density at radius 2 is 1.89 bits per heavy atom. The number of rotatable bonds is 2. The van der Waals surface area contributed by atoms with Crippen molar-refractivity contribution in [3.8, 4) is 11.8 Å². The summed E-state index contributed by atoms with van der Waals surface area (Å²) in [6.07, 6.45) is 1.76. The first-order chi connectivity index (χ1) is 8.54. The fraction of sp³-hybridized carbons (Fsp3) is 0.143. The van der Waals surface area contributed by atoms with Gasteiger partial charge in [0.15, 0.2) is 0 Å². The minimum absolute atomic E-state index is 0.251. The molecule has 18 heavy (non-hydrogen) atoms. The highest BCUT2D eigenvalue weighted by Gasteiger charge is 2.10. The molecule has 90 valence electrons. The van der Waals surface area contributed by atoms with Gasteiger partial charge < -0.3 is 9.67 Å². The zero-order chi connectivity index (χ0) is 13.3. The number of carbonyl (C=O) groups is 1. The van der Waals surface area contributed by atoms with Crippen LogP contribution >= 0.6 is 0 Å². The largest absolute Gasteiger partial charge is 0.478 e. The molecular formula is C14H12N2O2. The normalized spacial score (nSPS) is 10.1. The SMILES string of the molecule is Cc1c(C#N)cn(-c2ccc(C(=O)O)cc2)c1C. The maximum Gasteiger partial charge on any atom is 0.335 e. The smallest absolute Gasteiger partial charge is 0.335 e. The zero-order valence-electron chi connectivity index (χ0n) is 10.1. The molecule has 0 aliphatic carbocycles. The molecule has 4 heteroatoms. The van der Waals surface area contributed by atoms with Crippen LogP contribution < -0.4 is 0 Å². The van der Waals surface area contributed by atoms with Crippen LogP contribution in [0, 0.1) is 25.2 Å². The first-order valence-electron chi connectivity index (χ1n) is 5.47. The second-order valence-electron chi connectivity index (χ2n) is 4.09. The Bertz CT molecular complexity index is 646. The van der Waals surface area contributed by atoms with E-state index < -0.39 is 5.97 Å². The molecule has 0 atom stereocenters. The van der Waals surface area contributed by atoms with Crippen LogP contribution in [0.5, 0.6) is 0 Å². The van der Waals surface area contributed by atoms with E-state index in [0.717, 1.165) is 16.9 Å². The Kier molecular flexibility index (Phi) is 2.90. The van der Waals surface area contributed by atoms with Crippen LogP contribution in [0.2, 0.25) is 0 Å². The van der Waals surface area contributed by atoms with E-state index in [1.807, 2.05) is 18.4 Å². The van der Waals surface area contributed by atoms with Crippen molar-refractivity contribution in [2.24, 2.45) is 0 Å². The first-order valence-corrected chi connectivity index (χ1v) is 5.47. The third-order valence-corrected chi connectivity index (χ3v) is 3.08. The molecule has 0 fully saturated rings. The van der Waals surface area contributed by atoms with Gasteiger partial charge in [0, 0.05) is 17.6 Å². The number of hydrogen-bond donors (Lipinski definition) is 1. The van der Waals surface area contributed by atoms with Gasteiger partial charge in [-0.25, -0.2) is 4.79 Å². The van der Waals surface area contributed by atoms with Gasteiger partial charge in [0.1, 0.15) is 6.07 Å². The number of carboxylic acids is 1. The lowest BCUT2D eigenvalue weighted by Crippen LogP contribution is -1.99. The molecule has 0 radical (unpaired) electrons. The fourth-order valence-corrected chi connectivity index (χ4v) is 1.84. The molecule has 0 saturated carbocycles. The predicted octanol–water partition coefficient (Wildman–Crippen LogP) is 2.66. The van der Waals surface area contributed by atoms with Crippen molar-refractivity contribution in [2.45, 2.75) is 13.8 Å². The number of nitrogens with zero attached hydrogens (tertiary/aromatic N) is 2. The summed E-state index contributed by atoms with van der Waals surface area (Å²) in [4.78, 5) is 10.8. The minimum Gasteiger partial charge on any atom is -0.478 e. The molecule has 0 amide bonds. The van der Waals surface area contributed by atoms with E-state index in [1.165, 1.54) is 0 Å². The number of benzene rings is 1. The number of nitriles is 1. The molecule has 2 rings (SSSR count). The quantitative estimate of drug-likeness (QED) is 0.877. The van der Waals surface area contributed by atoms with E-state index in [1.54, 1.807) is 30.5 Å². The molecule has 1 aromatic heterocycles. The summed E-state index contributed by atoms with van der Waals surface area (Å²) in [6, 6.07) is 8.72. The van der Waals surface area contributed by atoms with Crippen molar-refractivity contribution < 1.29 is 9.90 Å². The van der Waals surface area contributed by atoms with Gasteiger partial charge in [0.25, 0.3) is 0 Å². The van der Waals surface area contributed by atoms with E-state index in [4.69, 9.17) is 10.4 Å². The van der Waals surface area contributed by atoms with Gasteiger partial charge in [-0.3, -0.25) is 0 Å². The van der Waals surface area contributed by atoms with Gasteiger partial charge in [-0.2, -0.15) is 5.26 Å². The maximum absolute atomic E-state index is 10.8. The second kappa shape index (κ2) is 4.38. The molecular weight excluding hydrogens is 228 g/mol. The molecule has 2 aromatic rings. The van der Waals surface area contributed by atoms with Gasteiger partial charge in [-0.1, -0.05) is 0 Å². The van der Waals surface area contributed by atoms with Crippen molar-refractivity contribution in [3.63, 3.8) is 0 Å². The van der Waals surface area contributed by atoms with Crippen molar-refractivity contribution in [1.82, 2.24) is 4.57 Å². The lowest BCUT2D eigenvalue weighted by atomic mass is 10.2. The standard InChI is InChI=1S/C14H12N2O2/c1-9-10(2)16(8-12(9)7-15)13-5-3-11(4-6-13)14(17)18/h3-6,8H,1-2H3,(H,17,18). The van der Waals surface area contributed by atoms with Crippen LogP contribution in [0.3, 0.4) is 0 Å². The van der Waals surface area contributed by atoms with Crippen LogP contribution in [-0.2, 0) is 0 Å². The average molecular weight is 240 g/mol. The van der Waals surface area contributed by atoms with Gasteiger partial charge in [-0.15, -0.1) is 0 Å². The third-order valence-electron chi connectivity index (χ3n) is 3.08. The fourth-order valence-electron chi connectivity index (χ4n) is 1.84. The molecule has 1 aromatic carbocycles. The molecule has 0 aliphatic rings. The summed E-state index contributed by atoms with van der Waals surface area (Å²) in [5, 5.41) is 17.8. The molecule has 1 N–H and O–H groups in total. The molecule has 0 bridgehead atoms. The minimum atomic E-state index is -0.945. The zero-order valence-corrected chi connectivity index (χ0v) is 10.1. The van der Waals surface area contributed by atoms with Crippen molar-refractivity contribution in [3.05, 3.63) is 52.8 Å². The van der Waals surface area contributed by atoms with Crippen molar-refractivity contribution >= 4 is 5.97 Å². The Hall–Kier alpha value is -2.54. The summed E-state index contributed by atoms with van der Waals surface area (Å²) in [6.45, 7) is 3.83. The summed E-state index contributed by atoms with van der Waals surface area (Å²) in [5.74, 6) is -0.945. The van der Waals surface area contributed by atoms with E-state index in [0.29, 0.717) is 5.56 Å². The van der Waals surface area contributed by atoms with Crippen LogP contribution in [0.25, 0.3) is 5.69 Å². The number of carboxylic acid groups (broad SMARTS) is 1. The van der Waals surface area contributed by atoms with Gasteiger partial charge in [0.05, 0.1) is 11.1 Å². The molecule has 1 heterocycles. The Labute approximate surface area is 105 Å². The maximum atomic E-state index is 10.8. The second-order valence-corrected chi connectivity index (χ2v) is 4.09. The summed E-state index contributed by atoms with van der Waals surface area (Å²) in [5.41, 5.74) is 3.66. The van der Waals surface area contributed by atoms with Crippen molar-refractivity contribution in [1.29, 1.82) is 5.26 Å². The first kappa shape index (κ1) is 11.9. The highest BCUT2D eigenvalue weighted by molar-refractivity contribution is 5.87. The van der Waals surface area contributed by atoms with Gasteiger partial charge >= 0.3 is 5.97 Å². The van der Waals surface area contributed by atoms with E-state index in [9.17, 15) is 4.79 Å². The predicted molar refractivity (Wildman–Crippen MR) is 66.9 cm³/mol. The number of hydrogen-bond acceptors (Lipinski definition) is 2. The Morgan fingerprint density at radius 3 is 2.33 bits per heavy atom. The third kappa shape index (κ3) is 1.87. The molecule has 0 saturated heterocycles. The summed E-state index contributed by atoms with van der Waals surface area (Å²) < 4.78 is 1.89. The van der Waals surface area contributed by atoms with Crippen LogP contribution in [0.4, 0.5) is 0 Å². The van der Waals surface area contributed by atoms with Crippen LogP contribution in [-0.4, -0.2) is 15.6 Å². The van der Waals surface area contributed by atoms with Crippen LogP contribution in [0.1, 0.15) is 27.2 Å². The lowest BCUT2D eigenvalue weighted by Gasteiger charge is -2.06. The number of aromatic carboxylic acids is 1. The highest BCUT2D eigenvalue weighted by atomic mass is 16.4. The summed E-state index contributed by atoms with van der Waals surface area (Å²) in [7, 11) is 0. The van der Waals surface area contributed by atoms with Gasteiger partial charge in [0.2, 0.25) is 0 Å². The number of aromatic nitrogens is 1. The molecule has 0 aliphatic heterocycles. The van der Waals surface area contributed by atoms with E-state index in [-0.39, 0.29) is 5.56 Å². The highest BCUT2D eigenvalue weighted by Crippen LogP contribution is 2.20. The average Bonchev–Trinajstić information content (AvgIpc) is 2.66. The Balaban J connectivity index is 2.50. The van der Waals surface area contributed by atoms with Crippen LogP contribution in [0.15, 0.2) is 30.5 Å². The monoisotopic (exact) mass is 240 g/mol.